The number of aryl methyl sites for hydroxylation is 3. The number of halogens is 2. The Morgan fingerprint density at radius 1 is 0.972 bits per heavy atom. The first-order valence-corrected chi connectivity index (χ1v) is 14.6. The molecule has 0 spiro atoms. The van der Waals surface area contributed by atoms with E-state index in [1.54, 1.807) is 4.90 Å². The van der Waals surface area contributed by atoms with Gasteiger partial charge in [0.15, 0.2) is 0 Å². The Bertz CT molecular complexity index is 1090. The normalized spacial score (nSPS) is 17.9. The highest BCUT2D eigenvalue weighted by Crippen LogP contribution is 2.31. The van der Waals surface area contributed by atoms with Gasteiger partial charge in [0.05, 0.1) is 0 Å². The van der Waals surface area contributed by atoms with Crippen LogP contribution in [0.2, 0.25) is 0 Å². The second-order valence-corrected chi connectivity index (χ2v) is 12.0. The standard InChI is InChI=1S/C15H13Br2N.C13H23N3O2/c1-9-4-10-2-3-11-6-12(16)8-18-15(11)7-13(10)14(17)5-9;14-13(18)16-8-4-11(5-9-16)10-12(17)15-6-2-1-3-7-15/h4-6,8H,2-3,7H2,1H3;11H,1-10H2,(H2,14,18). The zero-order valence-corrected chi connectivity index (χ0v) is 24.2. The first kappa shape index (κ1) is 27.1. The molecule has 1 aromatic carbocycles. The fraction of sp³-hybridized carbons (Fsp3) is 0.536. The molecule has 2 saturated heterocycles. The summed E-state index contributed by atoms with van der Waals surface area (Å²) in [6.45, 7) is 5.41. The predicted molar refractivity (Wildman–Crippen MR) is 150 cm³/mol. The number of nitrogens with two attached hydrogens (primary N) is 1. The molecule has 0 atom stereocenters. The van der Waals surface area contributed by atoms with E-state index in [4.69, 9.17) is 5.73 Å². The molecule has 0 unspecified atom stereocenters. The van der Waals surface area contributed by atoms with Crippen molar-refractivity contribution in [2.45, 2.75) is 64.7 Å². The number of nitrogens with zero attached hydrogens (tertiary/aromatic N) is 3. The molecule has 2 aliphatic heterocycles. The Morgan fingerprint density at radius 3 is 2.36 bits per heavy atom. The second kappa shape index (κ2) is 12.5. The molecule has 1 aromatic heterocycles. The predicted octanol–water partition coefficient (Wildman–Crippen LogP) is 5.78. The maximum Gasteiger partial charge on any atom is 0.314 e. The number of hydrogen-bond acceptors (Lipinski definition) is 3. The average Bonchev–Trinajstić information content (AvgIpc) is 3.05. The lowest BCUT2D eigenvalue weighted by Gasteiger charge is -2.32. The molecule has 0 bridgehead atoms. The lowest BCUT2D eigenvalue weighted by Crippen LogP contribution is -2.43. The van der Waals surface area contributed by atoms with Gasteiger partial charge in [0.2, 0.25) is 5.91 Å². The Hall–Kier alpha value is -1.93. The summed E-state index contributed by atoms with van der Waals surface area (Å²) in [5, 5.41) is 0. The molecule has 3 amide bonds. The van der Waals surface area contributed by atoms with Gasteiger partial charge in [0.1, 0.15) is 0 Å². The number of carbonyl (C=O) groups excluding carboxylic acids is 2. The monoisotopic (exact) mass is 618 g/mol. The number of likely N-dealkylation sites (tertiary alicyclic amines) is 2. The van der Waals surface area contributed by atoms with Crippen molar-refractivity contribution in [2.75, 3.05) is 26.2 Å². The Labute approximate surface area is 231 Å². The fourth-order valence-corrected chi connectivity index (χ4v) is 6.60. The molecule has 3 aliphatic rings. The molecule has 2 N–H and O–H groups in total. The largest absolute Gasteiger partial charge is 0.351 e. The molecule has 0 saturated carbocycles. The Morgan fingerprint density at radius 2 is 1.67 bits per heavy atom. The van der Waals surface area contributed by atoms with Gasteiger partial charge in [0.25, 0.3) is 0 Å². The van der Waals surface area contributed by atoms with E-state index in [9.17, 15) is 9.59 Å². The average molecular weight is 620 g/mol. The van der Waals surface area contributed by atoms with Crippen LogP contribution in [-0.2, 0) is 24.1 Å². The molecular formula is C28H36Br2N4O2. The lowest BCUT2D eigenvalue weighted by atomic mass is 9.93. The molecule has 2 aromatic rings. The van der Waals surface area contributed by atoms with Crippen LogP contribution >= 0.6 is 31.9 Å². The summed E-state index contributed by atoms with van der Waals surface area (Å²) in [4.78, 5) is 31.4. The minimum atomic E-state index is -0.337. The van der Waals surface area contributed by atoms with Crippen molar-refractivity contribution in [1.29, 1.82) is 0 Å². The van der Waals surface area contributed by atoms with Crippen LogP contribution < -0.4 is 5.73 Å². The fourth-order valence-electron chi connectivity index (χ4n) is 5.46. The number of carbonyl (C=O) groups is 2. The maximum atomic E-state index is 12.1. The molecule has 6 nitrogen and oxygen atoms in total. The van der Waals surface area contributed by atoms with Crippen LogP contribution in [0, 0.1) is 12.8 Å². The van der Waals surface area contributed by atoms with E-state index >= 15 is 0 Å². The molecule has 3 heterocycles. The molecule has 8 heteroatoms. The van der Waals surface area contributed by atoms with E-state index in [-0.39, 0.29) is 6.03 Å². The van der Waals surface area contributed by atoms with Gasteiger partial charge in [-0.15, -0.1) is 0 Å². The first-order valence-electron chi connectivity index (χ1n) is 13.0. The van der Waals surface area contributed by atoms with Crippen LogP contribution in [0.4, 0.5) is 4.79 Å². The first-order chi connectivity index (χ1) is 17.3. The number of piperidine rings is 2. The number of rotatable bonds is 2. The lowest BCUT2D eigenvalue weighted by molar-refractivity contribution is -0.133. The van der Waals surface area contributed by atoms with Crippen LogP contribution in [0.15, 0.2) is 33.3 Å². The van der Waals surface area contributed by atoms with Crippen LogP contribution in [0.3, 0.4) is 0 Å². The van der Waals surface area contributed by atoms with Gasteiger partial charge in [-0.3, -0.25) is 9.78 Å². The van der Waals surface area contributed by atoms with Crippen molar-refractivity contribution in [3.05, 3.63) is 61.3 Å². The SMILES string of the molecule is Cc1cc(Br)c2c(c1)CCc1cc(Br)cnc1C2.NC(=O)N1CCC(CC(=O)N2CCCCC2)CC1. The van der Waals surface area contributed by atoms with Gasteiger partial charge in [-0.1, -0.05) is 22.0 Å². The van der Waals surface area contributed by atoms with E-state index in [0.29, 0.717) is 31.3 Å². The molecule has 36 heavy (non-hydrogen) atoms. The van der Waals surface area contributed by atoms with E-state index in [1.165, 1.54) is 38.8 Å². The molecule has 2 fully saturated rings. The van der Waals surface area contributed by atoms with Crippen molar-refractivity contribution in [2.24, 2.45) is 11.7 Å². The highest BCUT2D eigenvalue weighted by atomic mass is 79.9. The number of urea groups is 1. The zero-order chi connectivity index (χ0) is 25.7. The molecule has 5 rings (SSSR count). The number of aromatic nitrogens is 1. The third kappa shape index (κ3) is 7.09. The number of hydrogen-bond donors (Lipinski definition) is 1. The van der Waals surface area contributed by atoms with Crippen LogP contribution in [0.25, 0.3) is 0 Å². The topological polar surface area (TPSA) is 79.5 Å². The smallest absolute Gasteiger partial charge is 0.314 e. The Kier molecular flexibility index (Phi) is 9.45. The van der Waals surface area contributed by atoms with Gasteiger partial charge in [-0.25, -0.2) is 4.79 Å². The molecule has 194 valence electrons. The van der Waals surface area contributed by atoms with Gasteiger partial charge < -0.3 is 15.5 Å². The van der Waals surface area contributed by atoms with Gasteiger partial charge in [0, 0.05) is 59.9 Å². The second-order valence-electron chi connectivity index (χ2n) is 10.2. The highest BCUT2D eigenvalue weighted by molar-refractivity contribution is 9.10. The van der Waals surface area contributed by atoms with Crippen molar-refractivity contribution >= 4 is 43.8 Å². The number of benzene rings is 1. The third-order valence-electron chi connectivity index (χ3n) is 7.56. The minimum absolute atomic E-state index is 0.298. The van der Waals surface area contributed by atoms with Crippen LogP contribution in [-0.4, -0.2) is 52.9 Å². The molecular weight excluding hydrogens is 584 g/mol. The summed E-state index contributed by atoms with van der Waals surface area (Å²) in [6.07, 6.45) is 11.0. The number of pyridine rings is 1. The van der Waals surface area contributed by atoms with E-state index < -0.39 is 0 Å². The summed E-state index contributed by atoms with van der Waals surface area (Å²) >= 11 is 7.20. The maximum absolute atomic E-state index is 12.1. The van der Waals surface area contributed by atoms with E-state index in [1.807, 2.05) is 11.1 Å². The third-order valence-corrected chi connectivity index (χ3v) is 8.71. The summed E-state index contributed by atoms with van der Waals surface area (Å²) in [6, 6.07) is 6.37. The number of amides is 3. The number of fused-ring (bicyclic) bond motifs is 2. The van der Waals surface area contributed by atoms with E-state index in [2.05, 4.69) is 62.0 Å². The quantitative estimate of drug-likeness (QED) is 0.462. The Balaban J connectivity index is 0.000000169. The summed E-state index contributed by atoms with van der Waals surface area (Å²) < 4.78 is 2.29. The molecule has 1 aliphatic carbocycles. The minimum Gasteiger partial charge on any atom is -0.351 e. The summed E-state index contributed by atoms with van der Waals surface area (Å²) in [5.74, 6) is 0.724. The van der Waals surface area contributed by atoms with Crippen molar-refractivity contribution in [3.8, 4) is 0 Å². The van der Waals surface area contributed by atoms with Gasteiger partial charge in [-0.05, 0) is 108 Å². The van der Waals surface area contributed by atoms with Crippen LogP contribution in [0.1, 0.15) is 66.5 Å². The van der Waals surface area contributed by atoms with Gasteiger partial charge >= 0.3 is 6.03 Å². The molecule has 0 radical (unpaired) electrons. The van der Waals surface area contributed by atoms with E-state index in [0.717, 1.165) is 62.5 Å². The van der Waals surface area contributed by atoms with Crippen molar-refractivity contribution in [3.63, 3.8) is 0 Å². The summed E-state index contributed by atoms with van der Waals surface area (Å²) in [5.41, 5.74) is 12.0. The number of primary amides is 1. The summed E-state index contributed by atoms with van der Waals surface area (Å²) in [7, 11) is 0. The highest BCUT2D eigenvalue weighted by Gasteiger charge is 2.25. The van der Waals surface area contributed by atoms with Crippen LogP contribution in [0.5, 0.6) is 0 Å². The van der Waals surface area contributed by atoms with Crippen molar-refractivity contribution < 1.29 is 9.59 Å². The van der Waals surface area contributed by atoms with Gasteiger partial charge in [-0.2, -0.15) is 0 Å². The zero-order valence-electron chi connectivity index (χ0n) is 21.1. The van der Waals surface area contributed by atoms with Crippen molar-refractivity contribution in [1.82, 2.24) is 14.8 Å².